The van der Waals surface area contributed by atoms with E-state index in [1.807, 2.05) is 18.2 Å². The van der Waals surface area contributed by atoms with Gasteiger partial charge in [-0.05, 0) is 18.9 Å². The average molecular weight is 430 g/mol. The molecule has 0 fully saturated rings. The highest BCUT2D eigenvalue weighted by molar-refractivity contribution is 14.0. The second kappa shape index (κ2) is 9.78. The molecule has 1 aromatic carbocycles. The lowest BCUT2D eigenvalue weighted by atomic mass is 10.1. The van der Waals surface area contributed by atoms with Gasteiger partial charge < -0.3 is 10.6 Å². The minimum absolute atomic E-state index is 0. The van der Waals surface area contributed by atoms with Gasteiger partial charge in [-0.3, -0.25) is 4.99 Å². The van der Waals surface area contributed by atoms with Crippen LogP contribution in [0.3, 0.4) is 0 Å². The molecule has 6 heteroatoms. The van der Waals surface area contributed by atoms with Gasteiger partial charge in [-0.15, -0.1) is 35.3 Å². The molecule has 0 bridgehead atoms. The van der Waals surface area contributed by atoms with Crippen LogP contribution in [0.4, 0.5) is 0 Å². The predicted octanol–water partition coefficient (Wildman–Crippen LogP) is 3.75. The molecule has 2 N–H and O–H groups in total. The molecule has 120 valence electrons. The van der Waals surface area contributed by atoms with E-state index in [4.69, 9.17) is 0 Å². The van der Waals surface area contributed by atoms with Gasteiger partial charge in [-0.1, -0.05) is 37.3 Å². The molecule has 2 rings (SSSR count). The highest BCUT2D eigenvalue weighted by Gasteiger charge is 2.07. The van der Waals surface area contributed by atoms with E-state index in [2.05, 4.69) is 52.0 Å². The van der Waals surface area contributed by atoms with Gasteiger partial charge in [-0.2, -0.15) is 0 Å². The zero-order chi connectivity index (χ0) is 15.1. The Labute approximate surface area is 153 Å². The van der Waals surface area contributed by atoms with Crippen molar-refractivity contribution in [2.24, 2.45) is 4.99 Å². The van der Waals surface area contributed by atoms with E-state index in [0.717, 1.165) is 18.1 Å². The third kappa shape index (κ3) is 5.57. The first kappa shape index (κ1) is 18.9. The van der Waals surface area contributed by atoms with E-state index in [1.165, 1.54) is 10.6 Å². The molecule has 1 atom stereocenters. The topological polar surface area (TPSA) is 49.3 Å². The molecule has 1 aromatic heterocycles. The van der Waals surface area contributed by atoms with Crippen molar-refractivity contribution in [2.75, 3.05) is 7.05 Å². The second-order valence-corrected chi connectivity index (χ2v) is 5.73. The summed E-state index contributed by atoms with van der Waals surface area (Å²) < 4.78 is 0. The number of aliphatic imine (C=N–C) groups is 1. The number of benzene rings is 1. The quantitative estimate of drug-likeness (QED) is 0.432. The molecule has 0 radical (unpaired) electrons. The molecule has 0 amide bonds. The monoisotopic (exact) mass is 430 g/mol. The van der Waals surface area contributed by atoms with Crippen LogP contribution in [0.5, 0.6) is 0 Å². The minimum atomic E-state index is 0. The molecule has 0 aliphatic heterocycles. The van der Waals surface area contributed by atoms with Crippen LogP contribution in [-0.2, 0) is 13.0 Å². The Kier molecular flexibility index (Phi) is 8.40. The molecule has 0 saturated carbocycles. The Balaban J connectivity index is 0.00000242. The summed E-state index contributed by atoms with van der Waals surface area (Å²) in [5, 5.41) is 9.97. The molecule has 1 heterocycles. The molecule has 4 nitrogen and oxygen atoms in total. The first-order valence-electron chi connectivity index (χ1n) is 7.18. The minimum Gasteiger partial charge on any atom is -0.351 e. The Morgan fingerprint density at radius 1 is 1.32 bits per heavy atom. The fraction of sp³-hybridized carbons (Fsp3) is 0.375. The van der Waals surface area contributed by atoms with Gasteiger partial charge in [0.05, 0.1) is 23.3 Å². The number of halogens is 1. The molecule has 2 aromatic rings. The number of thiazole rings is 1. The fourth-order valence-electron chi connectivity index (χ4n) is 1.99. The summed E-state index contributed by atoms with van der Waals surface area (Å²) >= 11 is 1.71. The normalized spacial score (nSPS) is 12.4. The van der Waals surface area contributed by atoms with E-state index in [9.17, 15) is 0 Å². The predicted molar refractivity (Wildman–Crippen MR) is 105 cm³/mol. The van der Waals surface area contributed by atoms with Crippen molar-refractivity contribution in [3.8, 4) is 0 Å². The SMILES string of the molecule is CCc1nc(CNC(=NC)NC(C)c2ccccc2)cs1.I. The maximum absolute atomic E-state index is 4.55. The number of aromatic nitrogens is 1. The number of hydrogen-bond donors (Lipinski definition) is 2. The van der Waals surface area contributed by atoms with E-state index >= 15 is 0 Å². The summed E-state index contributed by atoms with van der Waals surface area (Å²) in [5.74, 6) is 0.789. The van der Waals surface area contributed by atoms with Crippen molar-refractivity contribution in [2.45, 2.75) is 32.9 Å². The van der Waals surface area contributed by atoms with Gasteiger partial charge in [0, 0.05) is 12.4 Å². The molecule has 0 aliphatic rings. The number of nitrogens with zero attached hydrogens (tertiary/aromatic N) is 2. The average Bonchev–Trinajstić information content (AvgIpc) is 3.00. The molecule has 22 heavy (non-hydrogen) atoms. The van der Waals surface area contributed by atoms with Crippen LogP contribution in [0.2, 0.25) is 0 Å². The van der Waals surface area contributed by atoms with Crippen LogP contribution in [-0.4, -0.2) is 18.0 Å². The zero-order valence-electron chi connectivity index (χ0n) is 13.2. The van der Waals surface area contributed by atoms with Crippen molar-refractivity contribution in [3.05, 3.63) is 52.0 Å². The standard InChI is InChI=1S/C16H22N4S.HI/c1-4-15-20-14(11-21-15)10-18-16(17-3)19-12(2)13-8-6-5-7-9-13;/h5-9,11-12H,4,10H2,1-3H3,(H2,17,18,19);1H. The maximum Gasteiger partial charge on any atom is 0.191 e. The Hall–Kier alpha value is -1.15. The van der Waals surface area contributed by atoms with Gasteiger partial charge in [0.25, 0.3) is 0 Å². The molecular weight excluding hydrogens is 407 g/mol. The third-order valence-corrected chi connectivity index (χ3v) is 4.26. The third-order valence-electron chi connectivity index (χ3n) is 3.22. The van der Waals surface area contributed by atoms with Gasteiger partial charge in [0.2, 0.25) is 0 Å². The molecule has 1 unspecified atom stereocenters. The van der Waals surface area contributed by atoms with E-state index in [0.29, 0.717) is 6.54 Å². The summed E-state index contributed by atoms with van der Waals surface area (Å²) in [5.41, 5.74) is 2.30. The molecule has 0 spiro atoms. The summed E-state index contributed by atoms with van der Waals surface area (Å²) in [6.07, 6.45) is 0.989. The van der Waals surface area contributed by atoms with Crippen LogP contribution in [0, 0.1) is 0 Å². The molecule has 0 aliphatic carbocycles. The van der Waals surface area contributed by atoms with E-state index in [-0.39, 0.29) is 30.0 Å². The van der Waals surface area contributed by atoms with Crippen LogP contribution in [0.15, 0.2) is 40.7 Å². The Bertz CT molecular complexity index is 583. The van der Waals surface area contributed by atoms with Crippen molar-refractivity contribution in [1.82, 2.24) is 15.6 Å². The summed E-state index contributed by atoms with van der Waals surface area (Å²) in [6, 6.07) is 10.5. The number of aryl methyl sites for hydroxylation is 1. The van der Waals surface area contributed by atoms with Crippen LogP contribution >= 0.6 is 35.3 Å². The second-order valence-electron chi connectivity index (χ2n) is 4.79. The first-order chi connectivity index (χ1) is 10.2. The Morgan fingerprint density at radius 3 is 2.64 bits per heavy atom. The lowest BCUT2D eigenvalue weighted by molar-refractivity contribution is 0.683. The summed E-state index contributed by atoms with van der Waals surface area (Å²) in [7, 11) is 1.78. The largest absolute Gasteiger partial charge is 0.351 e. The smallest absolute Gasteiger partial charge is 0.191 e. The molecule has 0 saturated heterocycles. The maximum atomic E-state index is 4.55. The number of hydrogen-bond acceptors (Lipinski definition) is 3. The number of nitrogens with one attached hydrogen (secondary N) is 2. The van der Waals surface area contributed by atoms with Crippen LogP contribution in [0.1, 0.15) is 36.2 Å². The van der Waals surface area contributed by atoms with Gasteiger partial charge in [0.1, 0.15) is 0 Å². The molecular formula is C16H23IN4S. The fourth-order valence-corrected chi connectivity index (χ4v) is 2.74. The van der Waals surface area contributed by atoms with Crippen molar-refractivity contribution < 1.29 is 0 Å². The van der Waals surface area contributed by atoms with E-state index in [1.54, 1.807) is 18.4 Å². The van der Waals surface area contributed by atoms with Crippen molar-refractivity contribution >= 4 is 41.3 Å². The Morgan fingerprint density at radius 2 is 2.05 bits per heavy atom. The van der Waals surface area contributed by atoms with Gasteiger partial charge in [0.15, 0.2) is 5.96 Å². The van der Waals surface area contributed by atoms with Crippen LogP contribution in [0.25, 0.3) is 0 Å². The van der Waals surface area contributed by atoms with Gasteiger partial charge in [-0.25, -0.2) is 4.98 Å². The highest BCUT2D eigenvalue weighted by Crippen LogP contribution is 2.11. The first-order valence-corrected chi connectivity index (χ1v) is 8.06. The summed E-state index contributed by atoms with van der Waals surface area (Å²) in [6.45, 7) is 4.94. The van der Waals surface area contributed by atoms with E-state index < -0.39 is 0 Å². The van der Waals surface area contributed by atoms with Crippen LogP contribution < -0.4 is 10.6 Å². The van der Waals surface area contributed by atoms with Crippen molar-refractivity contribution in [3.63, 3.8) is 0 Å². The summed E-state index contributed by atoms with van der Waals surface area (Å²) in [4.78, 5) is 8.81. The number of guanidine groups is 1. The van der Waals surface area contributed by atoms with Gasteiger partial charge >= 0.3 is 0 Å². The lowest BCUT2D eigenvalue weighted by Crippen LogP contribution is -2.38. The lowest BCUT2D eigenvalue weighted by Gasteiger charge is -2.17. The highest BCUT2D eigenvalue weighted by atomic mass is 127. The number of rotatable bonds is 5. The van der Waals surface area contributed by atoms with Crippen molar-refractivity contribution in [1.29, 1.82) is 0 Å². The zero-order valence-corrected chi connectivity index (χ0v) is 16.3.